The van der Waals surface area contributed by atoms with Crippen molar-refractivity contribution >= 4 is 0 Å². The summed E-state index contributed by atoms with van der Waals surface area (Å²) in [5.74, 6) is 2.29. The molecule has 23 heavy (non-hydrogen) atoms. The van der Waals surface area contributed by atoms with Crippen molar-refractivity contribution in [2.45, 2.75) is 52.6 Å². The number of halogens is 1. The molecule has 3 rings (SSSR count). The van der Waals surface area contributed by atoms with Gasteiger partial charge in [0.15, 0.2) is 0 Å². The fourth-order valence-electron chi connectivity index (χ4n) is 3.84. The molecule has 0 aliphatic heterocycles. The molecule has 0 radical (unpaired) electrons. The second kappa shape index (κ2) is 8.09. The zero-order valence-electron chi connectivity index (χ0n) is 14.4. The zero-order chi connectivity index (χ0) is 15.5. The average molecular weight is 378 g/mol. The van der Waals surface area contributed by atoms with Crippen molar-refractivity contribution in [1.29, 1.82) is 0 Å². The Hall–Kier alpha value is -1.16. The Labute approximate surface area is 150 Å². The molecule has 1 aliphatic rings. The summed E-state index contributed by atoms with van der Waals surface area (Å²) in [6.45, 7) is 7.99. The molecule has 0 amide bonds. The van der Waals surface area contributed by atoms with Gasteiger partial charge in [-0.3, -0.25) is 0 Å². The Morgan fingerprint density at radius 3 is 2.65 bits per heavy atom. The van der Waals surface area contributed by atoms with E-state index in [1.807, 2.05) is 6.33 Å². The van der Waals surface area contributed by atoms with Gasteiger partial charge in [-0.2, -0.15) is 0 Å². The van der Waals surface area contributed by atoms with E-state index in [9.17, 15) is 0 Å². The second-order valence-electron chi connectivity index (χ2n) is 7.28. The number of hydrogen-bond donors (Lipinski definition) is 0. The molecule has 1 heterocycles. The third kappa shape index (κ3) is 4.43. The molecule has 2 aromatic rings. The van der Waals surface area contributed by atoms with Crippen molar-refractivity contribution in [2.75, 3.05) is 0 Å². The molecule has 1 aromatic carbocycles. The zero-order valence-corrected chi connectivity index (χ0v) is 16.0. The molecule has 4 heteroatoms. The molecule has 1 saturated carbocycles. The van der Waals surface area contributed by atoms with Gasteiger partial charge in [-0.15, -0.1) is 4.68 Å². The first-order chi connectivity index (χ1) is 10.6. The van der Waals surface area contributed by atoms with Gasteiger partial charge in [0, 0.05) is 5.92 Å². The number of nitrogens with zero attached hydrogens (tertiary/aromatic N) is 3. The molecular weight excluding hydrogens is 350 g/mol. The minimum Gasteiger partial charge on any atom is -1.00 e. The van der Waals surface area contributed by atoms with E-state index in [2.05, 4.69) is 71.8 Å². The van der Waals surface area contributed by atoms with Crippen molar-refractivity contribution < 1.29 is 21.7 Å². The van der Waals surface area contributed by atoms with E-state index in [-0.39, 0.29) is 17.0 Å². The largest absolute Gasteiger partial charge is 1.00 e. The van der Waals surface area contributed by atoms with Crippen LogP contribution in [-0.2, 0) is 6.54 Å². The van der Waals surface area contributed by atoms with Crippen molar-refractivity contribution in [1.82, 2.24) is 9.67 Å². The standard InChI is InChI=1S/C19H28N3.BrH/c1-15(2)18-10-9-16(3)11-19(18)22-14-21(13-20-22)12-17-7-5-4-6-8-17;/h4-8,13-16,18-19H,9-12H2,1-3H3;1H/q+1;/p-1/t16-,18?,19?;/m0./s1. The highest BCUT2D eigenvalue weighted by Gasteiger charge is 2.36. The number of aromatic nitrogens is 3. The smallest absolute Gasteiger partial charge is 0.266 e. The van der Waals surface area contributed by atoms with Crippen LogP contribution in [0.25, 0.3) is 0 Å². The maximum Gasteiger partial charge on any atom is 0.266 e. The van der Waals surface area contributed by atoms with Gasteiger partial charge in [0.1, 0.15) is 12.6 Å². The van der Waals surface area contributed by atoms with Crippen LogP contribution in [0.1, 0.15) is 51.6 Å². The van der Waals surface area contributed by atoms with Gasteiger partial charge in [0.25, 0.3) is 6.33 Å². The molecule has 2 unspecified atom stereocenters. The van der Waals surface area contributed by atoms with Crippen molar-refractivity contribution in [3.8, 4) is 0 Å². The van der Waals surface area contributed by atoms with Gasteiger partial charge in [0.05, 0.1) is 0 Å². The maximum atomic E-state index is 4.68. The molecule has 1 aromatic heterocycles. The summed E-state index contributed by atoms with van der Waals surface area (Å²) >= 11 is 0. The van der Waals surface area contributed by atoms with Crippen LogP contribution in [0, 0.1) is 17.8 Å². The van der Waals surface area contributed by atoms with Crippen LogP contribution in [0.2, 0.25) is 0 Å². The summed E-state index contributed by atoms with van der Waals surface area (Å²) in [4.78, 5) is 0. The summed E-state index contributed by atoms with van der Waals surface area (Å²) in [5.41, 5.74) is 1.32. The van der Waals surface area contributed by atoms with Crippen LogP contribution in [0.15, 0.2) is 43.0 Å². The normalized spacial score (nSPS) is 24.4. The van der Waals surface area contributed by atoms with Gasteiger partial charge < -0.3 is 17.0 Å². The van der Waals surface area contributed by atoms with Crippen LogP contribution in [0.3, 0.4) is 0 Å². The Kier molecular flexibility index (Phi) is 6.40. The van der Waals surface area contributed by atoms with Crippen molar-refractivity contribution in [3.05, 3.63) is 48.5 Å². The Balaban J connectivity index is 0.00000192. The second-order valence-corrected chi connectivity index (χ2v) is 7.28. The summed E-state index contributed by atoms with van der Waals surface area (Å²) in [7, 11) is 0. The lowest BCUT2D eigenvalue weighted by atomic mass is 9.74. The van der Waals surface area contributed by atoms with Gasteiger partial charge in [-0.05, 0) is 35.3 Å². The Morgan fingerprint density at radius 2 is 1.96 bits per heavy atom. The molecule has 126 valence electrons. The quantitative estimate of drug-likeness (QED) is 0.724. The molecule has 0 saturated heterocycles. The molecular formula is C19H28BrN3. The van der Waals surface area contributed by atoms with E-state index in [1.165, 1.54) is 24.8 Å². The summed E-state index contributed by atoms with van der Waals surface area (Å²) < 4.78 is 4.43. The molecule has 0 bridgehead atoms. The van der Waals surface area contributed by atoms with Crippen molar-refractivity contribution in [2.24, 2.45) is 17.8 Å². The molecule has 0 N–H and O–H groups in total. The Bertz CT molecular complexity index is 594. The van der Waals surface area contributed by atoms with E-state index in [0.717, 1.165) is 24.3 Å². The lowest BCUT2D eigenvalue weighted by Crippen LogP contribution is -3.00. The van der Waals surface area contributed by atoms with Crippen molar-refractivity contribution in [3.63, 3.8) is 0 Å². The lowest BCUT2D eigenvalue weighted by molar-refractivity contribution is -0.785. The van der Waals surface area contributed by atoms with E-state index in [1.54, 1.807) is 0 Å². The van der Waals surface area contributed by atoms with Gasteiger partial charge in [-0.25, -0.2) is 4.57 Å². The predicted molar refractivity (Wildman–Crippen MR) is 88.3 cm³/mol. The topological polar surface area (TPSA) is 21.7 Å². The Morgan fingerprint density at radius 1 is 1.22 bits per heavy atom. The maximum absolute atomic E-state index is 4.68. The first-order valence-electron chi connectivity index (χ1n) is 8.60. The molecule has 3 nitrogen and oxygen atoms in total. The fourth-order valence-corrected chi connectivity index (χ4v) is 3.84. The molecule has 3 atom stereocenters. The van der Waals surface area contributed by atoms with Gasteiger partial charge in [-0.1, -0.05) is 57.5 Å². The van der Waals surface area contributed by atoms with E-state index in [4.69, 9.17) is 0 Å². The summed E-state index contributed by atoms with van der Waals surface area (Å²) in [6.07, 6.45) is 8.14. The minimum atomic E-state index is 0. The summed E-state index contributed by atoms with van der Waals surface area (Å²) in [5, 5.41) is 4.68. The van der Waals surface area contributed by atoms with Crippen LogP contribution in [0.4, 0.5) is 0 Å². The minimum absolute atomic E-state index is 0. The SMILES string of the molecule is CC(C)C1CC[C@H](C)CC1[n+]1cn(Cc2ccccc2)cn1.[Br-]. The van der Waals surface area contributed by atoms with E-state index < -0.39 is 0 Å². The first-order valence-corrected chi connectivity index (χ1v) is 8.60. The monoisotopic (exact) mass is 377 g/mol. The van der Waals surface area contributed by atoms with Gasteiger partial charge in [0.2, 0.25) is 6.33 Å². The number of rotatable bonds is 4. The first kappa shape index (κ1) is 18.2. The third-order valence-electron chi connectivity index (χ3n) is 5.13. The van der Waals surface area contributed by atoms with Crippen LogP contribution >= 0.6 is 0 Å². The van der Waals surface area contributed by atoms with Gasteiger partial charge >= 0.3 is 0 Å². The molecule has 1 fully saturated rings. The van der Waals surface area contributed by atoms with E-state index in [0.29, 0.717) is 6.04 Å². The third-order valence-corrected chi connectivity index (χ3v) is 5.13. The molecule has 0 spiro atoms. The predicted octanol–water partition coefficient (Wildman–Crippen LogP) is 0.856. The highest BCUT2D eigenvalue weighted by Crippen LogP contribution is 2.37. The number of benzene rings is 1. The molecule has 1 aliphatic carbocycles. The highest BCUT2D eigenvalue weighted by molar-refractivity contribution is 5.14. The van der Waals surface area contributed by atoms with Crippen LogP contribution < -0.4 is 21.7 Å². The lowest BCUT2D eigenvalue weighted by Gasteiger charge is -2.34. The van der Waals surface area contributed by atoms with Crippen LogP contribution in [0.5, 0.6) is 0 Å². The van der Waals surface area contributed by atoms with Crippen LogP contribution in [-0.4, -0.2) is 9.67 Å². The average Bonchev–Trinajstić information content (AvgIpc) is 2.96. The fraction of sp³-hybridized carbons (Fsp3) is 0.579. The summed E-state index contributed by atoms with van der Waals surface area (Å²) in [6, 6.07) is 11.2. The highest BCUT2D eigenvalue weighted by atomic mass is 79.9. The van der Waals surface area contributed by atoms with E-state index >= 15 is 0 Å². The number of hydrogen-bond acceptors (Lipinski definition) is 1.